The maximum absolute atomic E-state index is 5.33. The minimum absolute atomic E-state index is 0.377. The van der Waals surface area contributed by atoms with Crippen molar-refractivity contribution in [1.29, 1.82) is 0 Å². The zero-order valence-corrected chi connectivity index (χ0v) is 15.7. The summed E-state index contributed by atoms with van der Waals surface area (Å²) in [4.78, 5) is 7.10. The SMILES string of the molecule is CCNC(=NCc1cc(CC)no1)NC1CCCN(c2ccccc2)C1. The van der Waals surface area contributed by atoms with Crippen molar-refractivity contribution in [3.05, 3.63) is 47.9 Å². The van der Waals surface area contributed by atoms with Crippen LogP contribution in [0.4, 0.5) is 5.69 Å². The second-order valence-corrected chi connectivity index (χ2v) is 6.60. The van der Waals surface area contributed by atoms with Gasteiger partial charge in [0.05, 0.1) is 5.69 Å². The number of aryl methyl sites for hydroxylation is 1. The molecule has 0 aliphatic carbocycles. The summed E-state index contributed by atoms with van der Waals surface area (Å²) in [6.45, 7) is 7.57. The molecule has 0 spiro atoms. The highest BCUT2D eigenvalue weighted by Gasteiger charge is 2.20. The van der Waals surface area contributed by atoms with E-state index in [1.165, 1.54) is 12.1 Å². The van der Waals surface area contributed by atoms with Crippen LogP contribution >= 0.6 is 0 Å². The molecule has 6 heteroatoms. The fourth-order valence-electron chi connectivity index (χ4n) is 3.24. The minimum atomic E-state index is 0.377. The average Bonchev–Trinajstić information content (AvgIpc) is 3.15. The quantitative estimate of drug-likeness (QED) is 0.616. The molecule has 0 bridgehead atoms. The van der Waals surface area contributed by atoms with Crippen LogP contribution in [0.15, 0.2) is 45.9 Å². The molecule has 1 atom stereocenters. The van der Waals surface area contributed by atoms with Gasteiger partial charge < -0.3 is 20.1 Å². The zero-order chi connectivity index (χ0) is 18.2. The topological polar surface area (TPSA) is 65.7 Å². The van der Waals surface area contributed by atoms with Gasteiger partial charge in [-0.15, -0.1) is 0 Å². The number of hydrogen-bond donors (Lipinski definition) is 2. The third kappa shape index (κ3) is 5.00. The Bertz CT molecular complexity index is 697. The Balaban J connectivity index is 1.60. The standard InChI is InChI=1S/C20H29N5O/c1-3-16-13-19(26-24-16)14-22-20(21-4-2)23-17-9-8-12-25(15-17)18-10-6-5-7-11-18/h5-7,10-11,13,17H,3-4,8-9,12,14-15H2,1-2H3,(H2,21,22,23). The van der Waals surface area contributed by atoms with Gasteiger partial charge in [0, 0.05) is 37.4 Å². The molecule has 2 heterocycles. The number of rotatable bonds is 6. The maximum atomic E-state index is 5.33. The lowest BCUT2D eigenvalue weighted by atomic mass is 10.1. The molecule has 1 aliphatic heterocycles. The summed E-state index contributed by atoms with van der Waals surface area (Å²) in [6.07, 6.45) is 3.20. The number of nitrogens with one attached hydrogen (secondary N) is 2. The first-order valence-electron chi connectivity index (χ1n) is 9.57. The molecule has 1 saturated heterocycles. The molecule has 6 nitrogen and oxygen atoms in total. The van der Waals surface area contributed by atoms with Crippen molar-refractivity contribution in [3.63, 3.8) is 0 Å². The molecule has 2 N–H and O–H groups in total. The van der Waals surface area contributed by atoms with Gasteiger partial charge in [-0.1, -0.05) is 30.3 Å². The molecular formula is C20H29N5O. The van der Waals surface area contributed by atoms with Gasteiger partial charge in [-0.2, -0.15) is 0 Å². The molecule has 1 fully saturated rings. The van der Waals surface area contributed by atoms with E-state index in [4.69, 9.17) is 4.52 Å². The first-order chi connectivity index (χ1) is 12.8. The number of hydrogen-bond acceptors (Lipinski definition) is 4. The van der Waals surface area contributed by atoms with Gasteiger partial charge in [-0.3, -0.25) is 0 Å². The predicted octanol–water partition coefficient (Wildman–Crippen LogP) is 2.96. The third-order valence-electron chi connectivity index (χ3n) is 4.59. The number of nitrogens with zero attached hydrogens (tertiary/aromatic N) is 3. The van der Waals surface area contributed by atoms with Gasteiger partial charge in [0.1, 0.15) is 6.54 Å². The van der Waals surface area contributed by atoms with Crippen molar-refractivity contribution in [2.45, 2.75) is 45.7 Å². The van der Waals surface area contributed by atoms with Crippen molar-refractivity contribution in [2.24, 2.45) is 4.99 Å². The molecule has 0 saturated carbocycles. The smallest absolute Gasteiger partial charge is 0.191 e. The fourth-order valence-corrected chi connectivity index (χ4v) is 3.24. The Labute approximate surface area is 155 Å². The van der Waals surface area contributed by atoms with E-state index in [9.17, 15) is 0 Å². The van der Waals surface area contributed by atoms with Crippen molar-refractivity contribution < 1.29 is 4.52 Å². The van der Waals surface area contributed by atoms with Gasteiger partial charge in [0.25, 0.3) is 0 Å². The largest absolute Gasteiger partial charge is 0.369 e. The molecule has 1 aromatic carbocycles. The van der Waals surface area contributed by atoms with Crippen LogP contribution in [0.1, 0.15) is 38.1 Å². The zero-order valence-electron chi connectivity index (χ0n) is 15.7. The van der Waals surface area contributed by atoms with Crippen LogP contribution in [-0.2, 0) is 13.0 Å². The van der Waals surface area contributed by atoms with Crippen molar-refractivity contribution in [1.82, 2.24) is 15.8 Å². The third-order valence-corrected chi connectivity index (χ3v) is 4.59. The number of guanidine groups is 1. The number of aromatic nitrogens is 1. The number of aliphatic imine (C=N–C) groups is 1. The van der Waals surface area contributed by atoms with Crippen molar-refractivity contribution in [3.8, 4) is 0 Å². The normalized spacial score (nSPS) is 18.0. The van der Waals surface area contributed by atoms with E-state index in [1.807, 2.05) is 6.07 Å². The van der Waals surface area contributed by atoms with Crippen LogP contribution < -0.4 is 15.5 Å². The highest BCUT2D eigenvalue weighted by atomic mass is 16.5. The summed E-state index contributed by atoms with van der Waals surface area (Å²) >= 11 is 0. The van der Waals surface area contributed by atoms with Gasteiger partial charge in [0.2, 0.25) is 0 Å². The molecule has 3 rings (SSSR count). The van der Waals surface area contributed by atoms with Crippen LogP contribution in [0.25, 0.3) is 0 Å². The summed E-state index contributed by atoms with van der Waals surface area (Å²) in [5.74, 6) is 1.63. The van der Waals surface area contributed by atoms with Crippen LogP contribution in [-0.4, -0.2) is 36.8 Å². The van der Waals surface area contributed by atoms with Crippen LogP contribution in [0.3, 0.4) is 0 Å². The molecule has 0 amide bonds. The summed E-state index contributed by atoms with van der Waals surface area (Å²) in [5, 5.41) is 10.9. The molecule has 1 aliphatic rings. The van der Waals surface area contributed by atoms with Crippen LogP contribution in [0.2, 0.25) is 0 Å². The lowest BCUT2D eigenvalue weighted by Crippen LogP contribution is -2.51. The Hall–Kier alpha value is -2.50. The summed E-state index contributed by atoms with van der Waals surface area (Å²) in [7, 11) is 0. The molecule has 1 aromatic heterocycles. The molecular weight excluding hydrogens is 326 g/mol. The summed E-state index contributed by atoms with van der Waals surface area (Å²) in [6, 6.07) is 13.0. The summed E-state index contributed by atoms with van der Waals surface area (Å²) < 4.78 is 5.33. The summed E-state index contributed by atoms with van der Waals surface area (Å²) in [5.41, 5.74) is 2.26. The Kier molecular flexibility index (Phi) is 6.52. The lowest BCUT2D eigenvalue weighted by Gasteiger charge is -2.35. The lowest BCUT2D eigenvalue weighted by molar-refractivity contribution is 0.379. The fraction of sp³-hybridized carbons (Fsp3) is 0.500. The maximum Gasteiger partial charge on any atom is 0.191 e. The van der Waals surface area contributed by atoms with E-state index in [2.05, 4.69) is 69.9 Å². The van der Waals surface area contributed by atoms with E-state index in [1.54, 1.807) is 0 Å². The van der Waals surface area contributed by atoms with Gasteiger partial charge in [-0.05, 0) is 38.3 Å². The molecule has 2 aromatic rings. The highest BCUT2D eigenvalue weighted by Crippen LogP contribution is 2.19. The number of piperidine rings is 1. The second-order valence-electron chi connectivity index (χ2n) is 6.60. The first-order valence-corrected chi connectivity index (χ1v) is 9.57. The van der Waals surface area contributed by atoms with Crippen molar-refractivity contribution >= 4 is 11.6 Å². The van der Waals surface area contributed by atoms with Crippen LogP contribution in [0.5, 0.6) is 0 Å². The molecule has 0 radical (unpaired) electrons. The van der Waals surface area contributed by atoms with Gasteiger partial charge in [0.15, 0.2) is 11.7 Å². The highest BCUT2D eigenvalue weighted by molar-refractivity contribution is 5.80. The molecule has 26 heavy (non-hydrogen) atoms. The van der Waals surface area contributed by atoms with E-state index in [-0.39, 0.29) is 0 Å². The Morgan fingerprint density at radius 3 is 2.88 bits per heavy atom. The minimum Gasteiger partial charge on any atom is -0.369 e. The average molecular weight is 355 g/mol. The van der Waals surface area contributed by atoms with E-state index in [0.717, 1.165) is 49.9 Å². The van der Waals surface area contributed by atoms with E-state index in [0.29, 0.717) is 12.6 Å². The van der Waals surface area contributed by atoms with E-state index < -0.39 is 0 Å². The molecule has 140 valence electrons. The predicted molar refractivity (Wildman–Crippen MR) is 106 cm³/mol. The van der Waals surface area contributed by atoms with Gasteiger partial charge >= 0.3 is 0 Å². The van der Waals surface area contributed by atoms with Gasteiger partial charge in [-0.25, -0.2) is 4.99 Å². The number of anilines is 1. The number of benzene rings is 1. The van der Waals surface area contributed by atoms with Crippen molar-refractivity contribution in [2.75, 3.05) is 24.5 Å². The Morgan fingerprint density at radius 2 is 2.15 bits per heavy atom. The van der Waals surface area contributed by atoms with Crippen LogP contribution in [0, 0.1) is 0 Å². The second kappa shape index (κ2) is 9.27. The Morgan fingerprint density at radius 1 is 1.31 bits per heavy atom. The van der Waals surface area contributed by atoms with E-state index >= 15 is 0 Å². The number of para-hydroxylation sites is 1. The monoisotopic (exact) mass is 355 g/mol. The first kappa shape index (κ1) is 18.3. The molecule has 1 unspecified atom stereocenters.